The van der Waals surface area contributed by atoms with Gasteiger partial charge < -0.3 is 43.7 Å². The number of rotatable bonds is 10. The molecule has 1 unspecified atom stereocenters. The molecule has 0 fully saturated rings. The van der Waals surface area contributed by atoms with E-state index in [0.29, 0.717) is 19.4 Å². The van der Waals surface area contributed by atoms with Crippen LogP contribution in [0.5, 0.6) is 0 Å². The lowest BCUT2D eigenvalue weighted by molar-refractivity contribution is -0.139. The van der Waals surface area contributed by atoms with E-state index in [1.165, 1.54) is 0 Å². The zero-order valence-corrected chi connectivity index (χ0v) is 13.7. The number of carboxylic acids is 3. The second-order valence-corrected chi connectivity index (χ2v) is 5.28. The van der Waals surface area contributed by atoms with Gasteiger partial charge in [-0.1, -0.05) is 0 Å². The van der Waals surface area contributed by atoms with Gasteiger partial charge in [0.05, 0.1) is 5.75 Å². The largest absolute Gasteiger partial charge is 0.481 e. The standard InChI is InChI=1S/C6H14N4O2.C5H9NO4S.H2O/c7-4(5(11)12)2-1-3-10-6(8)9;6-3(5(9)10)1-11-2-4(7)8;/h4H,1-3,7H2,(H,11,12)(H4,8,9,10);3H,1-2,6H2,(H,7,8)(H,9,10);1H2/t;3-;/m.0./s1. The number of aliphatic carboxylic acids is 3. The van der Waals surface area contributed by atoms with Gasteiger partial charge in [-0.15, -0.1) is 11.8 Å². The quantitative estimate of drug-likeness (QED) is 0.114. The molecular weight excluding hydrogens is 346 g/mol. The van der Waals surface area contributed by atoms with E-state index in [-0.39, 0.29) is 22.9 Å². The van der Waals surface area contributed by atoms with Crippen LogP contribution in [-0.2, 0) is 14.4 Å². The number of aliphatic imine (C=N–C) groups is 1. The Kier molecular flexibility index (Phi) is 17.6. The molecule has 0 radical (unpaired) electrons. The molecular formula is C11H25N5O7S. The van der Waals surface area contributed by atoms with Crippen LogP contribution in [0.1, 0.15) is 12.8 Å². The Bertz CT molecular complexity index is 418. The molecule has 0 bridgehead atoms. The third kappa shape index (κ3) is 19.9. The lowest BCUT2D eigenvalue weighted by Crippen LogP contribution is -2.32. The summed E-state index contributed by atoms with van der Waals surface area (Å²) in [5.41, 5.74) is 20.4. The molecule has 142 valence electrons. The highest BCUT2D eigenvalue weighted by Gasteiger charge is 2.11. The van der Waals surface area contributed by atoms with Crippen molar-refractivity contribution in [2.75, 3.05) is 18.1 Å². The third-order valence-electron chi connectivity index (χ3n) is 2.12. The first-order chi connectivity index (χ1) is 10.6. The Hall–Kier alpha value is -2.09. The Morgan fingerprint density at radius 2 is 1.50 bits per heavy atom. The average molecular weight is 371 g/mol. The van der Waals surface area contributed by atoms with Crippen molar-refractivity contribution in [2.45, 2.75) is 24.9 Å². The number of hydrogen-bond donors (Lipinski definition) is 7. The van der Waals surface area contributed by atoms with Gasteiger partial charge in [-0.2, -0.15) is 0 Å². The number of nitrogens with two attached hydrogens (primary N) is 4. The second-order valence-electron chi connectivity index (χ2n) is 4.25. The number of thioether (sulfide) groups is 1. The summed E-state index contributed by atoms with van der Waals surface area (Å²) in [5.74, 6) is -3.04. The smallest absolute Gasteiger partial charge is 0.321 e. The molecule has 0 aliphatic heterocycles. The highest BCUT2D eigenvalue weighted by Crippen LogP contribution is 2.00. The third-order valence-corrected chi connectivity index (χ3v) is 3.17. The highest BCUT2D eigenvalue weighted by atomic mass is 32.2. The topological polar surface area (TPSA) is 260 Å². The van der Waals surface area contributed by atoms with Gasteiger partial charge in [0.15, 0.2) is 5.96 Å². The minimum atomic E-state index is -1.11. The summed E-state index contributed by atoms with van der Waals surface area (Å²) >= 11 is 0.992. The molecule has 0 saturated carbocycles. The van der Waals surface area contributed by atoms with Crippen molar-refractivity contribution in [2.24, 2.45) is 27.9 Å². The lowest BCUT2D eigenvalue weighted by atomic mass is 10.2. The molecule has 0 aromatic carbocycles. The Morgan fingerprint density at radius 1 is 1.00 bits per heavy atom. The van der Waals surface area contributed by atoms with E-state index in [2.05, 4.69) is 4.99 Å². The zero-order valence-electron chi connectivity index (χ0n) is 12.9. The number of carbonyl (C=O) groups is 3. The normalized spacial score (nSPS) is 11.8. The number of hydrogen-bond acceptors (Lipinski definition) is 7. The van der Waals surface area contributed by atoms with Gasteiger partial charge in [-0.25, -0.2) is 0 Å². The van der Waals surface area contributed by atoms with Crippen molar-refractivity contribution in [3.8, 4) is 0 Å². The number of carboxylic acid groups (broad SMARTS) is 3. The van der Waals surface area contributed by atoms with Crippen LogP contribution >= 0.6 is 11.8 Å². The summed E-state index contributed by atoms with van der Waals surface area (Å²) in [6, 6.07) is -1.79. The maximum absolute atomic E-state index is 10.2. The summed E-state index contributed by atoms with van der Waals surface area (Å²) in [6.07, 6.45) is 0.956. The zero-order chi connectivity index (χ0) is 18.4. The fraction of sp³-hybridized carbons (Fsp3) is 0.636. The van der Waals surface area contributed by atoms with Crippen molar-refractivity contribution in [3.05, 3.63) is 0 Å². The number of nitrogens with zero attached hydrogens (tertiary/aromatic N) is 1. The van der Waals surface area contributed by atoms with Crippen LogP contribution < -0.4 is 22.9 Å². The van der Waals surface area contributed by atoms with Crippen molar-refractivity contribution in [1.82, 2.24) is 0 Å². The van der Waals surface area contributed by atoms with Gasteiger partial charge in [0.1, 0.15) is 12.1 Å². The average Bonchev–Trinajstić information content (AvgIpc) is 2.43. The van der Waals surface area contributed by atoms with Crippen LogP contribution in [0.4, 0.5) is 0 Å². The minimum absolute atomic E-state index is 0. The van der Waals surface area contributed by atoms with E-state index in [4.69, 9.17) is 38.3 Å². The van der Waals surface area contributed by atoms with Gasteiger partial charge in [0, 0.05) is 12.3 Å². The Morgan fingerprint density at radius 3 is 1.88 bits per heavy atom. The molecule has 0 spiro atoms. The molecule has 24 heavy (non-hydrogen) atoms. The first kappa shape index (κ1) is 26.8. The van der Waals surface area contributed by atoms with Crippen LogP contribution in [0.25, 0.3) is 0 Å². The van der Waals surface area contributed by atoms with E-state index in [9.17, 15) is 14.4 Å². The summed E-state index contributed by atoms with van der Waals surface area (Å²) in [5, 5.41) is 24.8. The monoisotopic (exact) mass is 371 g/mol. The minimum Gasteiger partial charge on any atom is -0.481 e. The number of guanidine groups is 1. The second kappa shape index (κ2) is 15.8. The molecule has 2 atom stereocenters. The molecule has 13 N–H and O–H groups in total. The molecule has 0 amide bonds. The fourth-order valence-electron chi connectivity index (χ4n) is 0.987. The maximum atomic E-state index is 10.2. The summed E-state index contributed by atoms with van der Waals surface area (Å²) in [7, 11) is 0. The van der Waals surface area contributed by atoms with E-state index < -0.39 is 30.0 Å². The molecule has 0 aromatic heterocycles. The van der Waals surface area contributed by atoms with Crippen molar-refractivity contribution in [3.63, 3.8) is 0 Å². The molecule has 0 heterocycles. The first-order valence-electron chi connectivity index (χ1n) is 6.39. The van der Waals surface area contributed by atoms with Crippen LogP contribution in [0.3, 0.4) is 0 Å². The van der Waals surface area contributed by atoms with E-state index in [1.807, 2.05) is 0 Å². The molecule has 0 aliphatic rings. The molecule has 0 aromatic rings. The highest BCUT2D eigenvalue weighted by molar-refractivity contribution is 8.00. The van der Waals surface area contributed by atoms with Crippen molar-refractivity contribution < 1.29 is 35.2 Å². The van der Waals surface area contributed by atoms with Gasteiger partial charge in [-0.05, 0) is 12.8 Å². The Balaban J connectivity index is -0.000000354. The van der Waals surface area contributed by atoms with Crippen molar-refractivity contribution >= 4 is 35.6 Å². The molecule has 0 rings (SSSR count). The van der Waals surface area contributed by atoms with Gasteiger partial charge in [0.2, 0.25) is 0 Å². The predicted octanol–water partition coefficient (Wildman–Crippen LogP) is -3.16. The summed E-state index contributed by atoms with van der Waals surface area (Å²) < 4.78 is 0. The molecule has 13 heteroatoms. The summed E-state index contributed by atoms with van der Waals surface area (Å²) in [6.45, 7) is 0.420. The molecule has 12 nitrogen and oxygen atoms in total. The summed E-state index contributed by atoms with van der Waals surface area (Å²) in [4.78, 5) is 33.9. The molecule has 0 saturated heterocycles. The van der Waals surface area contributed by atoms with Gasteiger partial charge in [-0.3, -0.25) is 19.4 Å². The fourth-order valence-corrected chi connectivity index (χ4v) is 1.68. The predicted molar refractivity (Wildman–Crippen MR) is 89.7 cm³/mol. The van der Waals surface area contributed by atoms with E-state index >= 15 is 0 Å². The van der Waals surface area contributed by atoms with Gasteiger partial charge in [0.25, 0.3) is 0 Å². The Labute approximate surface area is 142 Å². The van der Waals surface area contributed by atoms with Crippen LogP contribution in [-0.4, -0.2) is 74.8 Å². The van der Waals surface area contributed by atoms with Gasteiger partial charge >= 0.3 is 17.9 Å². The van der Waals surface area contributed by atoms with E-state index in [1.54, 1.807) is 0 Å². The SMILES string of the molecule is NC(N)=NCCCC(N)C(=O)O.N[C@@H](CSCC(=O)O)C(=O)O.O. The van der Waals surface area contributed by atoms with Crippen molar-refractivity contribution in [1.29, 1.82) is 0 Å². The van der Waals surface area contributed by atoms with Crippen LogP contribution in [0.15, 0.2) is 4.99 Å². The maximum Gasteiger partial charge on any atom is 0.321 e. The van der Waals surface area contributed by atoms with Crippen LogP contribution in [0, 0.1) is 0 Å². The van der Waals surface area contributed by atoms with Crippen LogP contribution in [0.2, 0.25) is 0 Å². The lowest BCUT2D eigenvalue weighted by Gasteiger charge is -2.03. The van der Waals surface area contributed by atoms with E-state index in [0.717, 1.165) is 11.8 Å². The first-order valence-corrected chi connectivity index (χ1v) is 7.55. The molecule has 0 aliphatic carbocycles.